The van der Waals surface area contributed by atoms with Crippen molar-refractivity contribution in [3.05, 3.63) is 120 Å². The van der Waals surface area contributed by atoms with E-state index in [2.05, 4.69) is 70.4 Å². The van der Waals surface area contributed by atoms with Crippen LogP contribution in [0, 0.1) is 0 Å². The summed E-state index contributed by atoms with van der Waals surface area (Å²) in [6, 6.07) is 35.8. The summed E-state index contributed by atoms with van der Waals surface area (Å²) in [4.78, 5) is 5.20. The number of rotatable bonds is 4. The van der Waals surface area contributed by atoms with Crippen LogP contribution in [-0.4, -0.2) is 29.5 Å². The largest absolute Gasteiger partial charge is 0.507 e. The predicted octanol–water partition coefficient (Wildman–Crippen LogP) is 9.70. The number of aromatic nitrogens is 4. The second kappa shape index (κ2) is 10.6. The van der Waals surface area contributed by atoms with E-state index >= 15 is 0 Å². The number of hydrogen-bond acceptors (Lipinski definition) is 4. The fraction of sp³-hybridized carbons (Fsp3) is 0.200. The average molecular weight is 607 g/mol. The summed E-state index contributed by atoms with van der Waals surface area (Å²) in [5.41, 5.74) is 8.00. The molecule has 0 bridgehead atoms. The summed E-state index contributed by atoms with van der Waals surface area (Å²) in [7, 11) is 0. The first-order valence-electron chi connectivity index (χ1n) is 15.7. The number of para-hydroxylation sites is 4. The lowest BCUT2D eigenvalue weighted by Crippen LogP contribution is -2.18. The fourth-order valence-electron chi connectivity index (χ4n) is 6.21. The zero-order valence-electron chi connectivity index (χ0n) is 27.1. The molecule has 6 heteroatoms. The van der Waals surface area contributed by atoms with Gasteiger partial charge in [-0.15, -0.1) is 0 Å². The molecule has 0 unspecified atom stereocenters. The van der Waals surface area contributed by atoms with Gasteiger partial charge in [-0.05, 0) is 58.9 Å². The van der Waals surface area contributed by atoms with Crippen molar-refractivity contribution in [2.24, 2.45) is 0 Å². The standard InChI is InChI=1S/C40H38N4O2/c1-39(2,3)25-23-30(40(4,5)6)37(46)33(24-25)44-31-20-12-10-17-27(31)35(42-44)29-19-14-21-32-36(29)41-38(28-18-11-13-22-34(28)45)43(32)26-15-8-7-9-16-26/h7-24,45-46H,1-6H3. The first kappa shape index (κ1) is 29.4. The van der Waals surface area contributed by atoms with Crippen LogP contribution in [0.5, 0.6) is 11.5 Å². The molecule has 0 saturated heterocycles. The van der Waals surface area contributed by atoms with Gasteiger partial charge in [0, 0.05) is 22.2 Å². The Morgan fingerprint density at radius 3 is 2.00 bits per heavy atom. The number of hydrogen-bond donors (Lipinski definition) is 2. The van der Waals surface area contributed by atoms with Gasteiger partial charge in [-0.25, -0.2) is 9.67 Å². The van der Waals surface area contributed by atoms with Crippen molar-refractivity contribution < 1.29 is 10.2 Å². The molecule has 7 aromatic rings. The number of benzene rings is 5. The van der Waals surface area contributed by atoms with Crippen LogP contribution in [0.3, 0.4) is 0 Å². The third-order valence-corrected chi connectivity index (χ3v) is 8.68. The summed E-state index contributed by atoms with van der Waals surface area (Å²) in [5.74, 6) is 1.03. The Balaban J connectivity index is 1.54. The molecule has 0 amide bonds. The Morgan fingerprint density at radius 2 is 1.28 bits per heavy atom. The maximum absolute atomic E-state index is 11.8. The van der Waals surface area contributed by atoms with Gasteiger partial charge in [0.1, 0.15) is 28.7 Å². The van der Waals surface area contributed by atoms with Gasteiger partial charge < -0.3 is 10.2 Å². The first-order valence-corrected chi connectivity index (χ1v) is 15.7. The number of imidazole rings is 1. The number of aromatic hydroxyl groups is 2. The van der Waals surface area contributed by atoms with Crippen molar-refractivity contribution >= 4 is 21.9 Å². The van der Waals surface area contributed by atoms with Gasteiger partial charge in [0.15, 0.2) is 0 Å². The zero-order valence-corrected chi connectivity index (χ0v) is 27.1. The van der Waals surface area contributed by atoms with E-state index in [0.29, 0.717) is 17.1 Å². The van der Waals surface area contributed by atoms with Crippen molar-refractivity contribution in [2.45, 2.75) is 52.4 Å². The summed E-state index contributed by atoms with van der Waals surface area (Å²) in [6.45, 7) is 12.9. The van der Waals surface area contributed by atoms with Crippen molar-refractivity contribution in [1.29, 1.82) is 0 Å². The number of fused-ring (bicyclic) bond motifs is 2. The normalized spacial score (nSPS) is 12.3. The van der Waals surface area contributed by atoms with Gasteiger partial charge in [0.25, 0.3) is 0 Å². The lowest BCUT2D eigenvalue weighted by molar-refractivity contribution is 0.441. The molecule has 0 spiro atoms. The molecule has 0 aliphatic carbocycles. The molecule has 0 aliphatic heterocycles. The van der Waals surface area contributed by atoms with E-state index < -0.39 is 0 Å². The third-order valence-electron chi connectivity index (χ3n) is 8.68. The van der Waals surface area contributed by atoms with Crippen LogP contribution < -0.4 is 0 Å². The van der Waals surface area contributed by atoms with Gasteiger partial charge in [-0.2, -0.15) is 5.10 Å². The van der Waals surface area contributed by atoms with E-state index in [1.807, 2.05) is 83.5 Å². The van der Waals surface area contributed by atoms with Crippen molar-refractivity contribution in [3.8, 4) is 45.5 Å². The fourth-order valence-corrected chi connectivity index (χ4v) is 6.21. The van der Waals surface area contributed by atoms with Gasteiger partial charge in [0.2, 0.25) is 0 Å². The second-order valence-electron chi connectivity index (χ2n) is 14.0. The molecule has 2 aromatic heterocycles. The topological polar surface area (TPSA) is 76.1 Å². The maximum Gasteiger partial charge on any atom is 0.149 e. The van der Waals surface area contributed by atoms with Gasteiger partial charge in [0.05, 0.1) is 22.1 Å². The monoisotopic (exact) mass is 606 g/mol. The SMILES string of the molecule is CC(C)(C)c1cc(-n2nc(-c3cccc4c3nc(-c3ccccc3O)n4-c3ccccc3)c3ccccc32)c(O)c(C(C)(C)C)c1. The maximum atomic E-state index is 11.8. The van der Waals surface area contributed by atoms with E-state index in [9.17, 15) is 10.2 Å². The quantitative estimate of drug-likeness (QED) is 0.209. The molecule has 2 heterocycles. The smallest absolute Gasteiger partial charge is 0.149 e. The Bertz CT molecular complexity index is 2250. The second-order valence-corrected chi connectivity index (χ2v) is 14.0. The summed E-state index contributed by atoms with van der Waals surface area (Å²) in [5, 5.41) is 28.9. The molecule has 0 radical (unpaired) electrons. The predicted molar refractivity (Wildman–Crippen MR) is 187 cm³/mol. The van der Waals surface area contributed by atoms with Crippen LogP contribution in [0.15, 0.2) is 109 Å². The number of phenolic OH excluding ortho intramolecular Hbond substituents is 2. The van der Waals surface area contributed by atoms with E-state index in [-0.39, 0.29) is 22.3 Å². The molecule has 7 rings (SSSR count). The highest BCUT2D eigenvalue weighted by Gasteiger charge is 2.28. The lowest BCUT2D eigenvalue weighted by atomic mass is 9.79. The molecule has 6 nitrogen and oxygen atoms in total. The molecular formula is C40H38N4O2. The van der Waals surface area contributed by atoms with Crippen LogP contribution >= 0.6 is 0 Å². The van der Waals surface area contributed by atoms with Crippen LogP contribution in [0.4, 0.5) is 0 Å². The van der Waals surface area contributed by atoms with Crippen molar-refractivity contribution in [1.82, 2.24) is 19.3 Å². The van der Waals surface area contributed by atoms with Gasteiger partial charge in [-0.1, -0.05) is 108 Å². The van der Waals surface area contributed by atoms with E-state index in [4.69, 9.17) is 10.1 Å². The number of nitrogens with zero attached hydrogens (tertiary/aromatic N) is 4. The molecule has 2 N–H and O–H groups in total. The molecule has 0 atom stereocenters. The first-order chi connectivity index (χ1) is 21.9. The Hall–Kier alpha value is -5.36. The number of phenols is 2. The molecule has 0 aliphatic rings. The highest BCUT2D eigenvalue weighted by atomic mass is 16.3. The molecule has 5 aromatic carbocycles. The molecular weight excluding hydrogens is 568 g/mol. The summed E-state index contributed by atoms with van der Waals surface area (Å²) >= 11 is 0. The Morgan fingerprint density at radius 1 is 0.630 bits per heavy atom. The molecule has 0 saturated carbocycles. The highest BCUT2D eigenvalue weighted by Crippen LogP contribution is 2.43. The highest BCUT2D eigenvalue weighted by molar-refractivity contribution is 6.03. The van der Waals surface area contributed by atoms with E-state index in [0.717, 1.165) is 50.0 Å². The zero-order chi connectivity index (χ0) is 32.4. The Labute approximate surface area is 269 Å². The van der Waals surface area contributed by atoms with Crippen molar-refractivity contribution in [2.75, 3.05) is 0 Å². The van der Waals surface area contributed by atoms with E-state index in [1.165, 1.54) is 0 Å². The minimum absolute atomic E-state index is 0.135. The summed E-state index contributed by atoms with van der Waals surface area (Å²) in [6.07, 6.45) is 0. The summed E-state index contributed by atoms with van der Waals surface area (Å²) < 4.78 is 3.96. The molecule has 46 heavy (non-hydrogen) atoms. The van der Waals surface area contributed by atoms with Crippen LogP contribution in [-0.2, 0) is 10.8 Å². The minimum atomic E-state index is -0.277. The average Bonchev–Trinajstić information content (AvgIpc) is 3.60. The lowest BCUT2D eigenvalue weighted by Gasteiger charge is -2.27. The van der Waals surface area contributed by atoms with Gasteiger partial charge >= 0.3 is 0 Å². The molecule has 0 fully saturated rings. The molecule has 230 valence electrons. The van der Waals surface area contributed by atoms with Crippen LogP contribution in [0.2, 0.25) is 0 Å². The van der Waals surface area contributed by atoms with Crippen LogP contribution in [0.25, 0.3) is 56.0 Å². The third kappa shape index (κ3) is 4.81. The van der Waals surface area contributed by atoms with E-state index in [1.54, 1.807) is 6.07 Å². The van der Waals surface area contributed by atoms with Crippen molar-refractivity contribution in [3.63, 3.8) is 0 Å². The minimum Gasteiger partial charge on any atom is -0.507 e. The van der Waals surface area contributed by atoms with Crippen LogP contribution in [0.1, 0.15) is 52.7 Å². The van der Waals surface area contributed by atoms with Gasteiger partial charge in [-0.3, -0.25) is 4.57 Å². The Kier molecular flexibility index (Phi) is 6.78.